The van der Waals surface area contributed by atoms with E-state index < -0.39 is 0 Å². The van der Waals surface area contributed by atoms with Crippen molar-refractivity contribution >= 4 is 0 Å². The Labute approximate surface area is 90.2 Å². The first-order chi connectivity index (χ1) is 7.17. The van der Waals surface area contributed by atoms with Gasteiger partial charge in [-0.3, -0.25) is 0 Å². The lowest BCUT2D eigenvalue weighted by Gasteiger charge is -2.20. The molecular weight excluding hydrogens is 193 g/mol. The molecule has 0 saturated heterocycles. The zero-order valence-corrected chi connectivity index (χ0v) is 9.24. The molecule has 2 atom stereocenters. The largest absolute Gasteiger partial charge is 0.369 e. The van der Waals surface area contributed by atoms with Crippen LogP contribution in [0.3, 0.4) is 0 Å². The summed E-state index contributed by atoms with van der Waals surface area (Å²) >= 11 is 0. The Bertz CT molecular complexity index is 303. The van der Waals surface area contributed by atoms with E-state index in [1.807, 2.05) is 19.9 Å². The Kier molecular flexibility index (Phi) is 4.72. The topological polar surface area (TPSA) is 35.2 Å². The van der Waals surface area contributed by atoms with Gasteiger partial charge in [0.15, 0.2) is 0 Å². The zero-order valence-electron chi connectivity index (χ0n) is 9.24. The highest BCUT2D eigenvalue weighted by Crippen LogP contribution is 2.19. The molecule has 2 unspecified atom stereocenters. The van der Waals surface area contributed by atoms with Crippen LogP contribution in [0.5, 0.6) is 0 Å². The number of hydrogen-bond donors (Lipinski definition) is 1. The summed E-state index contributed by atoms with van der Waals surface area (Å²) in [5.74, 6) is -0.251. The third-order valence-electron chi connectivity index (χ3n) is 2.41. The molecule has 0 aliphatic carbocycles. The molecule has 15 heavy (non-hydrogen) atoms. The van der Waals surface area contributed by atoms with Crippen LogP contribution in [-0.2, 0) is 4.74 Å². The SMILES string of the molecule is CCC(C)OC(CN)c1cccc(F)c1. The monoisotopic (exact) mass is 211 g/mol. The molecule has 0 heterocycles. The van der Waals surface area contributed by atoms with Crippen LogP contribution in [0.4, 0.5) is 4.39 Å². The maximum absolute atomic E-state index is 13.0. The molecule has 84 valence electrons. The van der Waals surface area contributed by atoms with E-state index in [1.54, 1.807) is 6.07 Å². The van der Waals surface area contributed by atoms with Crippen molar-refractivity contribution in [2.75, 3.05) is 6.54 Å². The summed E-state index contributed by atoms with van der Waals surface area (Å²) in [6.45, 7) is 4.40. The van der Waals surface area contributed by atoms with Crippen LogP contribution in [-0.4, -0.2) is 12.6 Å². The lowest BCUT2D eigenvalue weighted by molar-refractivity contribution is -0.000168. The molecule has 0 aliphatic rings. The molecule has 1 rings (SSSR count). The molecule has 2 N–H and O–H groups in total. The third-order valence-corrected chi connectivity index (χ3v) is 2.41. The molecule has 2 nitrogen and oxygen atoms in total. The molecule has 1 aromatic carbocycles. The summed E-state index contributed by atoms with van der Waals surface area (Å²) in [7, 11) is 0. The Morgan fingerprint density at radius 2 is 2.20 bits per heavy atom. The van der Waals surface area contributed by atoms with Gasteiger partial charge in [-0.1, -0.05) is 19.1 Å². The van der Waals surface area contributed by atoms with Crippen molar-refractivity contribution in [3.8, 4) is 0 Å². The van der Waals surface area contributed by atoms with E-state index in [-0.39, 0.29) is 18.0 Å². The molecule has 0 fully saturated rings. The molecule has 0 aliphatic heterocycles. The van der Waals surface area contributed by atoms with Gasteiger partial charge in [0.05, 0.1) is 12.2 Å². The lowest BCUT2D eigenvalue weighted by atomic mass is 10.1. The fourth-order valence-electron chi connectivity index (χ4n) is 1.35. The van der Waals surface area contributed by atoms with Crippen LogP contribution in [0.2, 0.25) is 0 Å². The summed E-state index contributed by atoms with van der Waals surface area (Å²) in [6.07, 6.45) is 0.851. The fourth-order valence-corrected chi connectivity index (χ4v) is 1.35. The van der Waals surface area contributed by atoms with Crippen LogP contribution in [0.25, 0.3) is 0 Å². The van der Waals surface area contributed by atoms with Crippen molar-refractivity contribution in [2.24, 2.45) is 5.73 Å². The smallest absolute Gasteiger partial charge is 0.123 e. The number of ether oxygens (including phenoxy) is 1. The van der Waals surface area contributed by atoms with Crippen molar-refractivity contribution in [1.82, 2.24) is 0 Å². The summed E-state index contributed by atoms with van der Waals surface area (Å²) in [6, 6.07) is 6.40. The first kappa shape index (κ1) is 12.1. The van der Waals surface area contributed by atoms with E-state index in [2.05, 4.69) is 0 Å². The first-order valence-corrected chi connectivity index (χ1v) is 5.28. The van der Waals surface area contributed by atoms with Crippen LogP contribution >= 0.6 is 0 Å². The summed E-state index contributed by atoms with van der Waals surface area (Å²) in [4.78, 5) is 0. The minimum atomic E-state index is -0.251. The van der Waals surface area contributed by atoms with Crippen molar-refractivity contribution < 1.29 is 9.13 Å². The van der Waals surface area contributed by atoms with Gasteiger partial charge in [-0.2, -0.15) is 0 Å². The van der Waals surface area contributed by atoms with Gasteiger partial charge in [-0.15, -0.1) is 0 Å². The van der Waals surface area contributed by atoms with Crippen molar-refractivity contribution in [2.45, 2.75) is 32.5 Å². The maximum Gasteiger partial charge on any atom is 0.123 e. The number of nitrogens with two attached hydrogens (primary N) is 1. The normalized spacial score (nSPS) is 14.9. The highest BCUT2D eigenvalue weighted by Gasteiger charge is 2.13. The fraction of sp³-hybridized carbons (Fsp3) is 0.500. The van der Waals surface area contributed by atoms with Gasteiger partial charge in [0.25, 0.3) is 0 Å². The van der Waals surface area contributed by atoms with Gasteiger partial charge in [0, 0.05) is 6.54 Å². The van der Waals surface area contributed by atoms with E-state index in [0.717, 1.165) is 12.0 Å². The van der Waals surface area contributed by atoms with Gasteiger partial charge < -0.3 is 10.5 Å². The second-order valence-corrected chi connectivity index (χ2v) is 3.63. The number of halogens is 1. The molecule has 0 bridgehead atoms. The minimum Gasteiger partial charge on any atom is -0.369 e. The quantitative estimate of drug-likeness (QED) is 0.812. The van der Waals surface area contributed by atoms with Crippen LogP contribution < -0.4 is 5.73 Å². The molecule has 0 radical (unpaired) electrons. The molecule has 0 saturated carbocycles. The molecule has 3 heteroatoms. The van der Waals surface area contributed by atoms with E-state index in [1.165, 1.54) is 12.1 Å². The van der Waals surface area contributed by atoms with Crippen molar-refractivity contribution in [1.29, 1.82) is 0 Å². The highest BCUT2D eigenvalue weighted by atomic mass is 19.1. The van der Waals surface area contributed by atoms with Crippen molar-refractivity contribution in [3.05, 3.63) is 35.6 Å². The summed E-state index contributed by atoms with van der Waals surface area (Å²) in [5, 5.41) is 0. The number of rotatable bonds is 5. The summed E-state index contributed by atoms with van der Waals surface area (Å²) < 4.78 is 18.7. The van der Waals surface area contributed by atoms with E-state index in [9.17, 15) is 4.39 Å². The molecule has 0 spiro atoms. The van der Waals surface area contributed by atoms with Gasteiger partial charge in [-0.25, -0.2) is 4.39 Å². The lowest BCUT2D eigenvalue weighted by Crippen LogP contribution is -2.20. The van der Waals surface area contributed by atoms with E-state index in [4.69, 9.17) is 10.5 Å². The van der Waals surface area contributed by atoms with E-state index in [0.29, 0.717) is 6.54 Å². The zero-order chi connectivity index (χ0) is 11.3. The van der Waals surface area contributed by atoms with Gasteiger partial charge in [0.1, 0.15) is 5.82 Å². The van der Waals surface area contributed by atoms with Crippen LogP contribution in [0.15, 0.2) is 24.3 Å². The Morgan fingerprint density at radius 3 is 2.73 bits per heavy atom. The van der Waals surface area contributed by atoms with Crippen LogP contribution in [0.1, 0.15) is 31.9 Å². The molecular formula is C12H18FNO. The average Bonchev–Trinajstić information content (AvgIpc) is 2.25. The average molecular weight is 211 g/mol. The summed E-state index contributed by atoms with van der Waals surface area (Å²) in [5.41, 5.74) is 6.41. The first-order valence-electron chi connectivity index (χ1n) is 5.28. The second kappa shape index (κ2) is 5.83. The minimum absolute atomic E-state index is 0.141. The van der Waals surface area contributed by atoms with Gasteiger partial charge >= 0.3 is 0 Å². The molecule has 0 amide bonds. The molecule has 0 aromatic heterocycles. The Hall–Kier alpha value is -0.930. The predicted molar refractivity (Wildman–Crippen MR) is 59.0 cm³/mol. The third kappa shape index (κ3) is 3.61. The van der Waals surface area contributed by atoms with Crippen LogP contribution in [0, 0.1) is 5.82 Å². The number of benzene rings is 1. The standard InChI is InChI=1S/C12H18FNO/c1-3-9(2)15-12(8-14)10-5-4-6-11(13)7-10/h4-7,9,12H,3,8,14H2,1-2H3. The van der Waals surface area contributed by atoms with Crippen molar-refractivity contribution in [3.63, 3.8) is 0 Å². The molecule has 1 aromatic rings. The highest BCUT2D eigenvalue weighted by molar-refractivity contribution is 5.19. The van der Waals surface area contributed by atoms with Gasteiger partial charge in [-0.05, 0) is 31.0 Å². The number of hydrogen-bond acceptors (Lipinski definition) is 2. The maximum atomic E-state index is 13.0. The predicted octanol–water partition coefficient (Wildman–Crippen LogP) is 2.64. The van der Waals surface area contributed by atoms with E-state index >= 15 is 0 Å². The Balaban J connectivity index is 2.73. The second-order valence-electron chi connectivity index (χ2n) is 3.63. The Morgan fingerprint density at radius 1 is 1.47 bits per heavy atom. The van der Waals surface area contributed by atoms with Gasteiger partial charge in [0.2, 0.25) is 0 Å².